The van der Waals surface area contributed by atoms with Gasteiger partial charge in [0.1, 0.15) is 34.5 Å². The number of nitrogens with two attached hydrogens (primary N) is 1. The van der Waals surface area contributed by atoms with Crippen LogP contribution in [0.1, 0.15) is 39.9 Å². The summed E-state index contributed by atoms with van der Waals surface area (Å²) in [6.07, 6.45) is 0.925. The number of carbonyl (C=O) groups is 1. The van der Waals surface area contributed by atoms with Gasteiger partial charge in [-0.05, 0) is 35.7 Å². The van der Waals surface area contributed by atoms with Gasteiger partial charge in [-0.3, -0.25) is 0 Å². The summed E-state index contributed by atoms with van der Waals surface area (Å²) in [7, 11) is 1.49. The number of hydrogen-bond donors (Lipinski definition) is 1. The van der Waals surface area contributed by atoms with Crippen LogP contribution in [0.25, 0.3) is 0 Å². The molecule has 6 nitrogen and oxygen atoms in total. The van der Waals surface area contributed by atoms with E-state index >= 15 is 0 Å². The lowest BCUT2D eigenvalue weighted by Crippen LogP contribution is -2.21. The second-order valence-electron chi connectivity index (χ2n) is 7.31. The van der Waals surface area contributed by atoms with Gasteiger partial charge in [-0.15, -0.1) is 0 Å². The Morgan fingerprint density at radius 1 is 1.12 bits per heavy atom. The highest BCUT2D eigenvalue weighted by atomic mass is 16.5. The molecule has 1 heterocycles. The van der Waals surface area contributed by atoms with E-state index in [1.54, 1.807) is 42.5 Å². The molecule has 0 bridgehead atoms. The molecule has 3 aromatic rings. The van der Waals surface area contributed by atoms with Crippen molar-refractivity contribution in [3.63, 3.8) is 0 Å². The van der Waals surface area contributed by atoms with Crippen molar-refractivity contribution in [2.24, 2.45) is 5.73 Å². The van der Waals surface area contributed by atoms with Gasteiger partial charge in [-0.25, -0.2) is 4.79 Å². The van der Waals surface area contributed by atoms with E-state index < -0.39 is 5.97 Å². The Hall–Kier alpha value is -4.24. The van der Waals surface area contributed by atoms with E-state index in [4.69, 9.17) is 19.9 Å². The number of aryl methyl sites for hydroxylation is 1. The van der Waals surface area contributed by atoms with E-state index in [2.05, 4.69) is 13.0 Å². The minimum atomic E-state index is -0.550. The van der Waals surface area contributed by atoms with Gasteiger partial charge >= 0.3 is 5.97 Å². The second kappa shape index (κ2) is 8.86. The lowest BCUT2D eigenvalue weighted by molar-refractivity contribution is 0.0731. The molecule has 0 saturated heterocycles. The third-order valence-corrected chi connectivity index (χ3v) is 5.45. The molecular weight excluding hydrogens is 404 g/mol. The van der Waals surface area contributed by atoms with Crippen LogP contribution in [0.15, 0.2) is 78.2 Å². The predicted octanol–water partition coefficient (Wildman–Crippen LogP) is 4.69. The topological polar surface area (TPSA) is 94.6 Å². The molecule has 1 aliphatic heterocycles. The van der Waals surface area contributed by atoms with E-state index in [0.29, 0.717) is 28.4 Å². The van der Waals surface area contributed by atoms with Gasteiger partial charge in [0.05, 0.1) is 13.0 Å². The fourth-order valence-corrected chi connectivity index (χ4v) is 3.76. The first kappa shape index (κ1) is 21.0. The fourth-order valence-electron chi connectivity index (χ4n) is 3.76. The largest absolute Gasteiger partial charge is 0.496 e. The summed E-state index contributed by atoms with van der Waals surface area (Å²) in [6, 6.07) is 22.2. The maximum absolute atomic E-state index is 12.7. The Morgan fingerprint density at radius 3 is 2.56 bits per heavy atom. The molecule has 0 saturated carbocycles. The number of fused-ring (bicyclic) bond motifs is 1. The van der Waals surface area contributed by atoms with Gasteiger partial charge < -0.3 is 19.9 Å². The average molecular weight is 426 g/mol. The zero-order valence-corrected chi connectivity index (χ0v) is 17.8. The van der Waals surface area contributed by atoms with Crippen molar-refractivity contribution in [3.05, 3.63) is 100 Å². The summed E-state index contributed by atoms with van der Waals surface area (Å²) in [5.41, 5.74) is 9.65. The van der Waals surface area contributed by atoms with Crippen LogP contribution in [0.5, 0.6) is 17.2 Å². The Kier molecular flexibility index (Phi) is 5.82. The highest BCUT2D eigenvalue weighted by Crippen LogP contribution is 2.43. The van der Waals surface area contributed by atoms with Crippen LogP contribution in [0.4, 0.5) is 0 Å². The molecule has 4 rings (SSSR count). The Bertz CT molecular complexity index is 1240. The van der Waals surface area contributed by atoms with E-state index in [1.807, 2.05) is 24.3 Å². The summed E-state index contributed by atoms with van der Waals surface area (Å²) >= 11 is 0. The molecule has 0 aliphatic carbocycles. The predicted molar refractivity (Wildman–Crippen MR) is 120 cm³/mol. The molecule has 160 valence electrons. The van der Waals surface area contributed by atoms with Crippen molar-refractivity contribution in [1.82, 2.24) is 0 Å². The third-order valence-electron chi connectivity index (χ3n) is 5.45. The van der Waals surface area contributed by atoms with Crippen molar-refractivity contribution < 1.29 is 19.0 Å². The molecule has 0 radical (unpaired) electrons. The SMILES string of the molecule is CCc1ccc(C2C(C#N)=C(N)Oc3cc(OC(=O)c4ccccc4OC)ccc32)cc1. The van der Waals surface area contributed by atoms with Crippen molar-refractivity contribution in [2.45, 2.75) is 19.3 Å². The number of nitrogens with zero attached hydrogens (tertiary/aromatic N) is 1. The number of benzene rings is 3. The first-order chi connectivity index (χ1) is 15.5. The zero-order valence-electron chi connectivity index (χ0n) is 17.8. The van der Waals surface area contributed by atoms with Gasteiger partial charge in [0.25, 0.3) is 0 Å². The molecule has 1 unspecified atom stereocenters. The molecule has 6 heteroatoms. The third kappa shape index (κ3) is 3.88. The van der Waals surface area contributed by atoms with Gasteiger partial charge in [-0.1, -0.05) is 49.4 Å². The first-order valence-electron chi connectivity index (χ1n) is 10.2. The highest BCUT2D eigenvalue weighted by molar-refractivity contribution is 5.94. The molecule has 32 heavy (non-hydrogen) atoms. The van der Waals surface area contributed by atoms with E-state index in [9.17, 15) is 10.1 Å². The zero-order chi connectivity index (χ0) is 22.7. The number of para-hydroxylation sites is 1. The van der Waals surface area contributed by atoms with Crippen molar-refractivity contribution in [2.75, 3.05) is 7.11 Å². The average Bonchev–Trinajstić information content (AvgIpc) is 2.83. The molecule has 0 spiro atoms. The number of carbonyl (C=O) groups excluding carboxylic acids is 1. The first-order valence-corrected chi connectivity index (χ1v) is 10.2. The minimum Gasteiger partial charge on any atom is -0.496 e. The number of ether oxygens (including phenoxy) is 3. The van der Waals surface area contributed by atoms with Crippen LogP contribution in [-0.4, -0.2) is 13.1 Å². The smallest absolute Gasteiger partial charge is 0.347 e. The molecule has 2 N–H and O–H groups in total. The fraction of sp³-hybridized carbons (Fsp3) is 0.154. The number of nitriles is 1. The highest BCUT2D eigenvalue weighted by Gasteiger charge is 2.31. The second-order valence-corrected chi connectivity index (χ2v) is 7.31. The van der Waals surface area contributed by atoms with Gasteiger partial charge in [-0.2, -0.15) is 5.26 Å². The van der Waals surface area contributed by atoms with Gasteiger partial charge in [0.15, 0.2) is 0 Å². The number of methoxy groups -OCH3 is 1. The van der Waals surface area contributed by atoms with Crippen LogP contribution in [0.3, 0.4) is 0 Å². The lowest BCUT2D eigenvalue weighted by Gasteiger charge is -2.27. The molecule has 0 amide bonds. The summed E-state index contributed by atoms with van der Waals surface area (Å²) in [4.78, 5) is 12.7. The Balaban J connectivity index is 1.68. The number of rotatable bonds is 5. The molecule has 1 aliphatic rings. The van der Waals surface area contributed by atoms with Crippen molar-refractivity contribution in [1.29, 1.82) is 5.26 Å². The quantitative estimate of drug-likeness (QED) is 0.470. The van der Waals surface area contributed by atoms with Crippen molar-refractivity contribution >= 4 is 5.97 Å². The van der Waals surface area contributed by atoms with Crippen molar-refractivity contribution in [3.8, 4) is 23.3 Å². The maximum atomic E-state index is 12.7. The molecular formula is C26H22N2O4. The molecule has 1 atom stereocenters. The summed E-state index contributed by atoms with van der Waals surface area (Å²) in [6.45, 7) is 2.09. The van der Waals surface area contributed by atoms with Crippen LogP contribution in [-0.2, 0) is 6.42 Å². The van der Waals surface area contributed by atoms with Crippen LogP contribution in [0, 0.1) is 11.3 Å². The van der Waals surface area contributed by atoms with Crippen LogP contribution >= 0.6 is 0 Å². The summed E-state index contributed by atoms with van der Waals surface area (Å²) in [5, 5.41) is 9.72. The monoisotopic (exact) mass is 426 g/mol. The molecule has 3 aromatic carbocycles. The molecule has 0 fully saturated rings. The lowest BCUT2D eigenvalue weighted by atomic mass is 9.83. The number of esters is 1. The Morgan fingerprint density at radius 2 is 1.88 bits per heavy atom. The minimum absolute atomic E-state index is 0.0396. The normalized spacial score (nSPS) is 14.7. The summed E-state index contributed by atoms with van der Waals surface area (Å²) in [5.74, 6) is 0.287. The standard InChI is InChI=1S/C26H22N2O4/c1-3-16-8-10-17(11-9-16)24-19-13-12-18(14-23(19)32-25(28)21(24)15-27)31-26(29)20-6-4-5-7-22(20)30-2/h4-14,24H,3,28H2,1-2H3. The van der Waals surface area contributed by atoms with E-state index in [1.165, 1.54) is 12.7 Å². The molecule has 0 aromatic heterocycles. The number of allylic oxidation sites excluding steroid dienone is 1. The maximum Gasteiger partial charge on any atom is 0.347 e. The summed E-state index contributed by atoms with van der Waals surface area (Å²) < 4.78 is 16.5. The van der Waals surface area contributed by atoms with E-state index in [-0.39, 0.29) is 11.8 Å². The Labute approximate surface area is 186 Å². The van der Waals surface area contributed by atoms with E-state index in [0.717, 1.165) is 17.5 Å². The van der Waals surface area contributed by atoms with Crippen LogP contribution in [0.2, 0.25) is 0 Å². The van der Waals surface area contributed by atoms with Gasteiger partial charge in [0.2, 0.25) is 5.88 Å². The van der Waals surface area contributed by atoms with Crippen LogP contribution < -0.4 is 19.9 Å². The number of hydrogen-bond acceptors (Lipinski definition) is 6. The van der Waals surface area contributed by atoms with Gasteiger partial charge in [0, 0.05) is 11.6 Å².